The van der Waals surface area contributed by atoms with Gasteiger partial charge in [0.15, 0.2) is 5.78 Å². The van der Waals surface area contributed by atoms with E-state index >= 15 is 0 Å². The summed E-state index contributed by atoms with van der Waals surface area (Å²) in [5, 5.41) is 0.539. The van der Waals surface area contributed by atoms with Crippen LogP contribution in [0.15, 0.2) is 18.2 Å². The third kappa shape index (κ3) is 1.70. The van der Waals surface area contributed by atoms with Gasteiger partial charge >= 0.3 is 0 Å². The zero-order valence-corrected chi connectivity index (χ0v) is 10.4. The number of ketones is 1. The first-order valence-electron chi connectivity index (χ1n) is 5.16. The summed E-state index contributed by atoms with van der Waals surface area (Å²) in [5.41, 5.74) is -0.0552. The van der Waals surface area contributed by atoms with Crippen molar-refractivity contribution in [2.24, 2.45) is 5.41 Å². The number of hydrogen-bond acceptors (Lipinski definition) is 2. The maximum atomic E-state index is 12.3. The summed E-state index contributed by atoms with van der Waals surface area (Å²) in [6.07, 6.45) is 0.668. The van der Waals surface area contributed by atoms with Gasteiger partial charge in [0.1, 0.15) is 12.4 Å². The van der Waals surface area contributed by atoms with Gasteiger partial charge in [-0.25, -0.2) is 0 Å². The smallest absolute Gasteiger partial charge is 0.177 e. The molecular formula is C12H12Cl2O2. The quantitative estimate of drug-likeness (QED) is 0.759. The number of alkyl halides is 1. The van der Waals surface area contributed by atoms with E-state index in [-0.39, 0.29) is 11.7 Å². The molecule has 0 fully saturated rings. The Balaban J connectivity index is 2.49. The third-order valence-corrected chi connectivity index (χ3v) is 3.85. The minimum atomic E-state index is -0.598. The summed E-state index contributed by atoms with van der Waals surface area (Å²) in [4.78, 5) is 12.3. The highest BCUT2D eigenvalue weighted by Gasteiger charge is 2.42. The van der Waals surface area contributed by atoms with Gasteiger partial charge in [-0.15, -0.1) is 11.6 Å². The fourth-order valence-corrected chi connectivity index (χ4v) is 2.39. The van der Waals surface area contributed by atoms with E-state index in [0.29, 0.717) is 29.4 Å². The molecule has 0 aromatic heterocycles. The number of hydrogen-bond donors (Lipinski definition) is 0. The van der Waals surface area contributed by atoms with E-state index in [1.807, 2.05) is 6.92 Å². The molecule has 1 aromatic rings. The molecule has 1 atom stereocenters. The number of halogens is 2. The van der Waals surface area contributed by atoms with Crippen LogP contribution in [0, 0.1) is 5.41 Å². The number of Topliss-reactive ketones (excluding diaryl/α,β-unsaturated/α-hetero) is 1. The van der Waals surface area contributed by atoms with Gasteiger partial charge in [0, 0.05) is 10.9 Å². The van der Waals surface area contributed by atoms with Crippen molar-refractivity contribution in [2.75, 3.05) is 12.5 Å². The van der Waals surface area contributed by atoms with E-state index < -0.39 is 5.41 Å². The lowest BCUT2D eigenvalue weighted by Gasteiger charge is -2.34. The van der Waals surface area contributed by atoms with Crippen LogP contribution in [0.5, 0.6) is 5.75 Å². The molecule has 2 rings (SSSR count). The highest BCUT2D eigenvalue weighted by atomic mass is 35.5. The van der Waals surface area contributed by atoms with Crippen molar-refractivity contribution in [2.45, 2.75) is 13.3 Å². The molecule has 4 heteroatoms. The number of fused-ring (bicyclic) bond motifs is 1. The molecule has 0 bridgehead atoms. The molecule has 1 aromatic carbocycles. The normalized spacial score (nSPS) is 23.8. The molecule has 0 saturated carbocycles. The van der Waals surface area contributed by atoms with Crippen LogP contribution in [0.2, 0.25) is 5.02 Å². The second-order valence-electron chi connectivity index (χ2n) is 4.03. The first-order chi connectivity index (χ1) is 7.63. The van der Waals surface area contributed by atoms with Crippen LogP contribution in [0.4, 0.5) is 0 Å². The molecular weight excluding hydrogens is 247 g/mol. The van der Waals surface area contributed by atoms with Crippen LogP contribution in [-0.2, 0) is 0 Å². The molecule has 0 aliphatic carbocycles. The van der Waals surface area contributed by atoms with E-state index in [9.17, 15) is 4.79 Å². The highest BCUT2D eigenvalue weighted by Crippen LogP contribution is 2.38. The lowest BCUT2D eigenvalue weighted by molar-refractivity contribution is 0.0650. The standard InChI is InChI=1S/C12H12Cl2O2/c1-2-12(6-13)7-16-10-4-3-8(14)5-9(10)11(12)15/h3-5H,2,6-7H2,1H3. The van der Waals surface area contributed by atoms with Crippen molar-refractivity contribution in [3.05, 3.63) is 28.8 Å². The van der Waals surface area contributed by atoms with Crippen LogP contribution >= 0.6 is 23.2 Å². The van der Waals surface area contributed by atoms with E-state index in [0.717, 1.165) is 0 Å². The Hall–Kier alpha value is -0.730. The van der Waals surface area contributed by atoms with Gasteiger partial charge in [0.2, 0.25) is 0 Å². The van der Waals surface area contributed by atoms with Crippen molar-refractivity contribution in [1.29, 1.82) is 0 Å². The van der Waals surface area contributed by atoms with Crippen molar-refractivity contribution < 1.29 is 9.53 Å². The van der Waals surface area contributed by atoms with E-state index in [1.54, 1.807) is 18.2 Å². The monoisotopic (exact) mass is 258 g/mol. The maximum absolute atomic E-state index is 12.3. The lowest BCUT2D eigenvalue weighted by Crippen LogP contribution is -2.42. The summed E-state index contributed by atoms with van der Waals surface area (Å²) >= 11 is 11.8. The van der Waals surface area contributed by atoms with Crippen molar-refractivity contribution >= 4 is 29.0 Å². The lowest BCUT2D eigenvalue weighted by atomic mass is 9.78. The molecule has 1 heterocycles. The molecule has 1 aliphatic rings. The van der Waals surface area contributed by atoms with Crippen LogP contribution in [-0.4, -0.2) is 18.3 Å². The fraction of sp³-hybridized carbons (Fsp3) is 0.417. The Labute approximate surface area is 104 Å². The Bertz CT molecular complexity index is 425. The van der Waals surface area contributed by atoms with Crippen LogP contribution in [0.25, 0.3) is 0 Å². The molecule has 0 amide bonds. The van der Waals surface area contributed by atoms with Gasteiger partial charge in [-0.3, -0.25) is 4.79 Å². The fourth-order valence-electron chi connectivity index (χ4n) is 1.83. The molecule has 0 N–H and O–H groups in total. The van der Waals surface area contributed by atoms with Crippen LogP contribution in [0.1, 0.15) is 23.7 Å². The maximum Gasteiger partial charge on any atom is 0.177 e. The zero-order chi connectivity index (χ0) is 11.8. The Morgan fingerprint density at radius 3 is 2.88 bits per heavy atom. The second kappa shape index (κ2) is 4.27. The molecule has 86 valence electrons. The predicted octanol–water partition coefficient (Wildman–Crippen LogP) is 3.55. The van der Waals surface area contributed by atoms with E-state index in [4.69, 9.17) is 27.9 Å². The number of benzene rings is 1. The van der Waals surface area contributed by atoms with E-state index in [2.05, 4.69) is 0 Å². The largest absolute Gasteiger partial charge is 0.492 e. The molecule has 0 radical (unpaired) electrons. The average molecular weight is 259 g/mol. The summed E-state index contributed by atoms with van der Waals surface area (Å²) in [6, 6.07) is 5.09. The molecule has 1 aliphatic heterocycles. The van der Waals surface area contributed by atoms with Crippen molar-refractivity contribution in [1.82, 2.24) is 0 Å². The molecule has 16 heavy (non-hydrogen) atoms. The Morgan fingerprint density at radius 1 is 1.50 bits per heavy atom. The molecule has 0 spiro atoms. The number of ether oxygens (including phenoxy) is 1. The van der Waals surface area contributed by atoms with Crippen LogP contribution in [0.3, 0.4) is 0 Å². The minimum Gasteiger partial charge on any atom is -0.492 e. The van der Waals surface area contributed by atoms with Crippen molar-refractivity contribution in [3.63, 3.8) is 0 Å². The number of carbonyl (C=O) groups excluding carboxylic acids is 1. The van der Waals surface area contributed by atoms with Gasteiger partial charge in [-0.05, 0) is 24.6 Å². The SMILES string of the molecule is CCC1(CCl)COc2ccc(Cl)cc2C1=O. The summed E-state index contributed by atoms with van der Waals surface area (Å²) in [7, 11) is 0. The second-order valence-corrected chi connectivity index (χ2v) is 4.73. The summed E-state index contributed by atoms with van der Waals surface area (Å²) in [5.74, 6) is 0.909. The van der Waals surface area contributed by atoms with Gasteiger partial charge in [-0.2, -0.15) is 0 Å². The zero-order valence-electron chi connectivity index (χ0n) is 8.93. The first-order valence-corrected chi connectivity index (χ1v) is 6.07. The van der Waals surface area contributed by atoms with Crippen LogP contribution < -0.4 is 4.74 Å². The van der Waals surface area contributed by atoms with E-state index in [1.165, 1.54) is 0 Å². The topological polar surface area (TPSA) is 26.3 Å². The van der Waals surface area contributed by atoms with Gasteiger partial charge < -0.3 is 4.74 Å². The minimum absolute atomic E-state index is 0.0359. The number of carbonyl (C=O) groups is 1. The van der Waals surface area contributed by atoms with Crippen molar-refractivity contribution in [3.8, 4) is 5.75 Å². The first kappa shape index (κ1) is 11.7. The molecule has 0 saturated heterocycles. The van der Waals surface area contributed by atoms with Gasteiger partial charge in [0.05, 0.1) is 11.0 Å². The molecule has 2 nitrogen and oxygen atoms in total. The Morgan fingerprint density at radius 2 is 2.25 bits per heavy atom. The molecule has 1 unspecified atom stereocenters. The van der Waals surface area contributed by atoms with Gasteiger partial charge in [-0.1, -0.05) is 18.5 Å². The predicted molar refractivity (Wildman–Crippen MR) is 64.7 cm³/mol. The summed E-state index contributed by atoms with van der Waals surface area (Å²) < 4.78 is 5.58. The number of rotatable bonds is 2. The van der Waals surface area contributed by atoms with Gasteiger partial charge in [0.25, 0.3) is 0 Å². The Kier molecular flexibility index (Phi) is 3.13. The third-order valence-electron chi connectivity index (χ3n) is 3.10. The summed E-state index contributed by atoms with van der Waals surface area (Å²) in [6.45, 7) is 2.29. The average Bonchev–Trinajstić information content (AvgIpc) is 2.31. The highest BCUT2D eigenvalue weighted by molar-refractivity contribution is 6.31.